The zero-order chi connectivity index (χ0) is 13.8. The second kappa shape index (κ2) is 5.97. The molecule has 104 valence electrons. The van der Waals surface area contributed by atoms with Gasteiger partial charge in [0.05, 0.1) is 12.3 Å². The fourth-order valence-corrected chi connectivity index (χ4v) is 1.94. The zero-order valence-electron chi connectivity index (χ0n) is 11.7. The fourth-order valence-electron chi connectivity index (χ4n) is 1.94. The molecule has 2 heterocycles. The molecule has 0 amide bonds. The van der Waals surface area contributed by atoms with E-state index in [1.54, 1.807) is 6.20 Å². The Labute approximate surface area is 113 Å². The maximum atomic E-state index is 10.2. The maximum absolute atomic E-state index is 10.2. The lowest BCUT2D eigenvalue weighted by Gasteiger charge is -2.09. The Balaban J connectivity index is 2.07. The quantitative estimate of drug-likeness (QED) is 0.862. The minimum atomic E-state index is -0.590. The van der Waals surface area contributed by atoms with Crippen LogP contribution in [0.25, 0.3) is 0 Å². The first-order valence-electron chi connectivity index (χ1n) is 6.70. The number of aromatic nitrogens is 5. The summed E-state index contributed by atoms with van der Waals surface area (Å²) in [6.45, 7) is 7.03. The van der Waals surface area contributed by atoms with Gasteiger partial charge in [-0.25, -0.2) is 4.98 Å². The summed E-state index contributed by atoms with van der Waals surface area (Å²) in [6, 6.07) is 0.296. The first kappa shape index (κ1) is 13.7. The van der Waals surface area contributed by atoms with Crippen LogP contribution in [-0.4, -0.2) is 29.7 Å². The largest absolute Gasteiger partial charge is 0.388 e. The van der Waals surface area contributed by atoms with Crippen molar-refractivity contribution in [2.45, 2.75) is 52.3 Å². The van der Waals surface area contributed by atoms with E-state index in [1.807, 2.05) is 15.6 Å². The summed E-state index contributed by atoms with van der Waals surface area (Å²) in [7, 11) is 0. The van der Waals surface area contributed by atoms with Crippen molar-refractivity contribution >= 4 is 0 Å². The molecule has 0 saturated heterocycles. The lowest BCUT2D eigenvalue weighted by molar-refractivity contribution is 0.173. The Kier molecular flexibility index (Phi) is 4.31. The van der Waals surface area contributed by atoms with Crippen molar-refractivity contribution in [1.29, 1.82) is 0 Å². The summed E-state index contributed by atoms with van der Waals surface area (Å²) < 4.78 is 3.69. The molecular weight excluding hydrogens is 242 g/mol. The highest BCUT2D eigenvalue weighted by atomic mass is 16.3. The molecule has 2 aromatic heterocycles. The highest BCUT2D eigenvalue weighted by Gasteiger charge is 2.15. The molecule has 1 atom stereocenters. The van der Waals surface area contributed by atoms with Gasteiger partial charge in [-0.2, -0.15) is 10.2 Å². The molecule has 0 fully saturated rings. The molecular formula is C13H21N5O. The first-order valence-corrected chi connectivity index (χ1v) is 6.70. The summed E-state index contributed by atoms with van der Waals surface area (Å²) in [4.78, 5) is 4.21. The van der Waals surface area contributed by atoms with Crippen LogP contribution >= 0.6 is 0 Å². The van der Waals surface area contributed by atoms with Crippen molar-refractivity contribution in [3.63, 3.8) is 0 Å². The Hall–Kier alpha value is -1.69. The molecule has 1 N–H and O–H groups in total. The Morgan fingerprint density at radius 2 is 2.11 bits per heavy atom. The van der Waals surface area contributed by atoms with Gasteiger partial charge in [0.25, 0.3) is 0 Å². The maximum Gasteiger partial charge on any atom is 0.138 e. The van der Waals surface area contributed by atoms with Crippen LogP contribution < -0.4 is 0 Å². The van der Waals surface area contributed by atoms with Crippen LogP contribution in [0, 0.1) is 0 Å². The molecule has 6 nitrogen and oxygen atoms in total. The first-order chi connectivity index (χ1) is 9.11. The monoisotopic (exact) mass is 263 g/mol. The van der Waals surface area contributed by atoms with E-state index in [2.05, 4.69) is 36.0 Å². The van der Waals surface area contributed by atoms with E-state index in [0.717, 1.165) is 24.4 Å². The lowest BCUT2D eigenvalue weighted by atomic mass is 10.1. The van der Waals surface area contributed by atoms with Crippen molar-refractivity contribution in [3.05, 3.63) is 30.1 Å². The number of aliphatic hydroxyl groups is 1. The van der Waals surface area contributed by atoms with Crippen molar-refractivity contribution in [2.75, 3.05) is 0 Å². The van der Waals surface area contributed by atoms with Crippen LogP contribution in [0.1, 0.15) is 50.7 Å². The minimum Gasteiger partial charge on any atom is -0.388 e. The van der Waals surface area contributed by atoms with E-state index in [-0.39, 0.29) is 0 Å². The summed E-state index contributed by atoms with van der Waals surface area (Å²) in [5.41, 5.74) is 0.819. The number of aliphatic hydroxyl groups excluding tert-OH is 1. The van der Waals surface area contributed by atoms with Crippen LogP contribution in [0.5, 0.6) is 0 Å². The van der Waals surface area contributed by atoms with Crippen LogP contribution in [0.3, 0.4) is 0 Å². The van der Waals surface area contributed by atoms with Gasteiger partial charge in [0.1, 0.15) is 12.2 Å². The molecule has 0 saturated carbocycles. The topological polar surface area (TPSA) is 68.8 Å². The molecule has 2 rings (SSSR count). The van der Waals surface area contributed by atoms with E-state index in [0.29, 0.717) is 12.5 Å². The van der Waals surface area contributed by atoms with Gasteiger partial charge in [-0.3, -0.25) is 9.36 Å². The predicted molar refractivity (Wildman–Crippen MR) is 71.6 cm³/mol. The Morgan fingerprint density at radius 1 is 1.32 bits per heavy atom. The molecule has 0 bridgehead atoms. The number of aryl methyl sites for hydroxylation is 1. The van der Waals surface area contributed by atoms with Gasteiger partial charge in [0, 0.05) is 30.8 Å². The normalized spacial score (nSPS) is 13.1. The average Bonchev–Trinajstić information content (AvgIpc) is 2.99. The molecule has 6 heteroatoms. The molecule has 0 aromatic carbocycles. The number of hydrogen-bond donors (Lipinski definition) is 1. The van der Waals surface area contributed by atoms with E-state index in [4.69, 9.17) is 0 Å². The predicted octanol–water partition coefficient (Wildman–Crippen LogP) is 1.74. The second-order valence-corrected chi connectivity index (χ2v) is 4.97. The van der Waals surface area contributed by atoms with Gasteiger partial charge in [0.2, 0.25) is 0 Å². The number of hydrogen-bond acceptors (Lipinski definition) is 4. The van der Waals surface area contributed by atoms with Gasteiger partial charge in [-0.1, -0.05) is 6.92 Å². The van der Waals surface area contributed by atoms with Crippen LogP contribution in [0.4, 0.5) is 0 Å². The van der Waals surface area contributed by atoms with Gasteiger partial charge in [0.15, 0.2) is 0 Å². The van der Waals surface area contributed by atoms with E-state index < -0.39 is 6.10 Å². The molecule has 19 heavy (non-hydrogen) atoms. The molecule has 0 aliphatic rings. The molecule has 0 aliphatic heterocycles. The van der Waals surface area contributed by atoms with Crippen molar-refractivity contribution in [2.24, 2.45) is 0 Å². The number of rotatable bonds is 6. The molecule has 1 unspecified atom stereocenters. The third kappa shape index (κ3) is 3.20. The summed E-state index contributed by atoms with van der Waals surface area (Å²) in [5.74, 6) is 0.812. The van der Waals surface area contributed by atoms with Gasteiger partial charge >= 0.3 is 0 Å². The van der Waals surface area contributed by atoms with E-state index >= 15 is 0 Å². The van der Waals surface area contributed by atoms with Gasteiger partial charge in [-0.15, -0.1) is 0 Å². The third-order valence-electron chi connectivity index (χ3n) is 3.04. The van der Waals surface area contributed by atoms with Crippen LogP contribution in [0.15, 0.2) is 18.7 Å². The highest BCUT2D eigenvalue weighted by Crippen LogP contribution is 2.18. The number of nitrogens with zero attached hydrogens (tertiary/aromatic N) is 5. The highest BCUT2D eigenvalue weighted by molar-refractivity contribution is 5.10. The second-order valence-electron chi connectivity index (χ2n) is 4.97. The molecule has 0 aliphatic carbocycles. The van der Waals surface area contributed by atoms with Gasteiger partial charge in [-0.05, 0) is 20.3 Å². The SMILES string of the molecule is CCCn1ncnc1CC(O)c1cnn(C(C)C)c1. The van der Waals surface area contributed by atoms with E-state index in [9.17, 15) is 5.11 Å². The Morgan fingerprint density at radius 3 is 2.74 bits per heavy atom. The van der Waals surface area contributed by atoms with E-state index in [1.165, 1.54) is 6.33 Å². The van der Waals surface area contributed by atoms with Crippen LogP contribution in [-0.2, 0) is 13.0 Å². The molecule has 0 radical (unpaired) electrons. The summed E-state index contributed by atoms with van der Waals surface area (Å²) >= 11 is 0. The minimum absolute atomic E-state index is 0.296. The van der Waals surface area contributed by atoms with Crippen molar-refractivity contribution in [1.82, 2.24) is 24.5 Å². The smallest absolute Gasteiger partial charge is 0.138 e. The van der Waals surface area contributed by atoms with Crippen molar-refractivity contribution < 1.29 is 5.11 Å². The standard InChI is InChI=1S/C13H21N5O/c1-4-5-17-13(14-9-16-17)6-12(19)11-7-15-18(8-11)10(2)3/h7-10,12,19H,4-6H2,1-3H3. The summed E-state index contributed by atoms with van der Waals surface area (Å²) in [6.07, 6.45) is 6.00. The zero-order valence-corrected chi connectivity index (χ0v) is 11.7. The average molecular weight is 263 g/mol. The van der Waals surface area contributed by atoms with Gasteiger partial charge < -0.3 is 5.11 Å². The fraction of sp³-hybridized carbons (Fsp3) is 0.615. The molecule has 0 spiro atoms. The third-order valence-corrected chi connectivity index (χ3v) is 3.04. The summed E-state index contributed by atoms with van der Waals surface area (Å²) in [5, 5.41) is 18.6. The van der Waals surface area contributed by atoms with Crippen molar-refractivity contribution in [3.8, 4) is 0 Å². The van der Waals surface area contributed by atoms with Crippen LogP contribution in [0.2, 0.25) is 0 Å². The molecule has 2 aromatic rings. The Bertz CT molecular complexity index is 517. The lowest BCUT2D eigenvalue weighted by Crippen LogP contribution is -2.10.